The second-order valence-electron chi connectivity index (χ2n) is 6.99. The average Bonchev–Trinajstić information content (AvgIpc) is 3.30. The van der Waals surface area contributed by atoms with Crippen molar-refractivity contribution in [1.82, 2.24) is 14.3 Å². The highest BCUT2D eigenvalue weighted by atomic mass is 16.2. The van der Waals surface area contributed by atoms with Gasteiger partial charge in [0, 0.05) is 18.9 Å². The Hall–Kier alpha value is -3.60. The Morgan fingerprint density at radius 2 is 1.57 bits per heavy atom. The molecule has 0 spiro atoms. The molecule has 4 aromatic rings. The molecule has 0 aliphatic heterocycles. The number of anilines is 1. The van der Waals surface area contributed by atoms with E-state index < -0.39 is 0 Å². The molecule has 2 aromatic carbocycles. The second-order valence-corrected chi connectivity index (χ2v) is 6.99. The fourth-order valence-electron chi connectivity index (χ4n) is 3.11. The quantitative estimate of drug-likeness (QED) is 0.564. The number of hydrogen-bond acceptors (Lipinski definition) is 2. The summed E-state index contributed by atoms with van der Waals surface area (Å²) < 4.78 is 3.69. The highest BCUT2D eigenvalue weighted by Gasteiger charge is 2.19. The summed E-state index contributed by atoms with van der Waals surface area (Å²) in [6.45, 7) is 4.05. The van der Waals surface area contributed by atoms with E-state index in [0.29, 0.717) is 5.69 Å². The molecule has 0 aliphatic rings. The molecule has 28 heavy (non-hydrogen) atoms. The van der Waals surface area contributed by atoms with Gasteiger partial charge in [-0.3, -0.25) is 4.79 Å². The van der Waals surface area contributed by atoms with E-state index >= 15 is 0 Å². The topological polar surface area (TPSA) is 51.9 Å². The van der Waals surface area contributed by atoms with Gasteiger partial charge < -0.3 is 9.88 Å². The first-order valence-corrected chi connectivity index (χ1v) is 9.18. The summed E-state index contributed by atoms with van der Waals surface area (Å²) >= 11 is 0. The number of nitrogens with one attached hydrogen (secondary N) is 1. The number of nitrogens with zero attached hydrogens (tertiary/aromatic N) is 3. The van der Waals surface area contributed by atoms with Crippen molar-refractivity contribution >= 4 is 11.6 Å². The molecule has 0 saturated heterocycles. The van der Waals surface area contributed by atoms with Crippen LogP contribution in [0.3, 0.4) is 0 Å². The lowest BCUT2D eigenvalue weighted by molar-refractivity contribution is 0.101. The maximum Gasteiger partial charge on any atom is 0.274 e. The lowest BCUT2D eigenvalue weighted by Crippen LogP contribution is -2.16. The normalized spacial score (nSPS) is 10.8. The molecule has 2 heterocycles. The standard InChI is InChI=1S/C23H22N4O/c1-16-6-10-18(11-7-16)24-23(28)22-15-20(21-5-4-14-26(21)3)25-27(22)19-12-8-17(2)9-13-19/h4-15H,1-3H3,(H,24,28). The second kappa shape index (κ2) is 7.19. The van der Waals surface area contributed by atoms with Crippen LogP contribution in [0.5, 0.6) is 0 Å². The van der Waals surface area contributed by atoms with Crippen LogP contribution in [0.1, 0.15) is 21.6 Å². The molecule has 5 heteroatoms. The van der Waals surface area contributed by atoms with Crippen LogP contribution in [0.2, 0.25) is 0 Å². The summed E-state index contributed by atoms with van der Waals surface area (Å²) in [4.78, 5) is 13.0. The summed E-state index contributed by atoms with van der Waals surface area (Å²) in [6.07, 6.45) is 1.96. The minimum atomic E-state index is -0.197. The van der Waals surface area contributed by atoms with Gasteiger partial charge in [-0.2, -0.15) is 5.10 Å². The zero-order chi connectivity index (χ0) is 19.7. The van der Waals surface area contributed by atoms with Crippen molar-refractivity contribution in [2.45, 2.75) is 13.8 Å². The molecule has 5 nitrogen and oxygen atoms in total. The molecular weight excluding hydrogens is 348 g/mol. The lowest BCUT2D eigenvalue weighted by atomic mass is 10.2. The van der Waals surface area contributed by atoms with Crippen molar-refractivity contribution < 1.29 is 4.79 Å². The first-order valence-electron chi connectivity index (χ1n) is 9.18. The number of rotatable bonds is 4. The molecular formula is C23H22N4O. The van der Waals surface area contributed by atoms with Crippen molar-refractivity contribution in [1.29, 1.82) is 0 Å². The lowest BCUT2D eigenvalue weighted by Gasteiger charge is -2.09. The van der Waals surface area contributed by atoms with E-state index in [9.17, 15) is 4.79 Å². The van der Waals surface area contributed by atoms with Gasteiger partial charge in [0.25, 0.3) is 5.91 Å². The van der Waals surface area contributed by atoms with Crippen LogP contribution in [0.15, 0.2) is 72.9 Å². The Morgan fingerprint density at radius 3 is 2.18 bits per heavy atom. The third-order valence-corrected chi connectivity index (χ3v) is 4.74. The molecule has 0 aliphatic carbocycles. The molecule has 0 saturated carbocycles. The van der Waals surface area contributed by atoms with Crippen LogP contribution >= 0.6 is 0 Å². The van der Waals surface area contributed by atoms with Crippen molar-refractivity contribution in [3.63, 3.8) is 0 Å². The Labute approximate surface area is 164 Å². The highest BCUT2D eigenvalue weighted by molar-refractivity contribution is 6.04. The van der Waals surface area contributed by atoms with Crippen LogP contribution < -0.4 is 5.32 Å². The van der Waals surface area contributed by atoms with Crippen molar-refractivity contribution in [3.8, 4) is 17.1 Å². The van der Waals surface area contributed by atoms with Gasteiger partial charge in [0.05, 0.1) is 11.4 Å². The molecule has 0 bridgehead atoms. The molecule has 2 aromatic heterocycles. The molecule has 0 radical (unpaired) electrons. The number of aromatic nitrogens is 3. The Bertz CT molecular complexity index is 1120. The van der Waals surface area contributed by atoms with Crippen LogP contribution in [0.25, 0.3) is 17.1 Å². The highest BCUT2D eigenvalue weighted by Crippen LogP contribution is 2.23. The summed E-state index contributed by atoms with van der Waals surface area (Å²) in [5, 5.41) is 7.70. The molecule has 0 fully saturated rings. The van der Waals surface area contributed by atoms with Crippen molar-refractivity contribution in [2.75, 3.05) is 5.32 Å². The number of hydrogen-bond donors (Lipinski definition) is 1. The van der Waals surface area contributed by atoms with Crippen LogP contribution in [-0.4, -0.2) is 20.3 Å². The Morgan fingerprint density at radius 1 is 0.929 bits per heavy atom. The number of benzene rings is 2. The summed E-state index contributed by atoms with van der Waals surface area (Å²) in [6, 6.07) is 21.5. The maximum absolute atomic E-state index is 13.0. The fourth-order valence-corrected chi connectivity index (χ4v) is 3.11. The maximum atomic E-state index is 13.0. The SMILES string of the molecule is Cc1ccc(NC(=O)c2cc(-c3cccn3C)nn2-c2ccc(C)cc2)cc1. The van der Waals surface area contributed by atoms with Gasteiger partial charge in [0.1, 0.15) is 11.4 Å². The molecule has 0 atom stereocenters. The fraction of sp³-hybridized carbons (Fsp3) is 0.130. The van der Waals surface area contributed by atoms with E-state index in [4.69, 9.17) is 5.10 Å². The van der Waals surface area contributed by atoms with Crippen LogP contribution in [0, 0.1) is 13.8 Å². The monoisotopic (exact) mass is 370 g/mol. The molecule has 4 rings (SSSR count). The molecule has 1 amide bonds. The minimum absolute atomic E-state index is 0.197. The number of carbonyl (C=O) groups is 1. The van der Waals surface area contributed by atoms with E-state index in [0.717, 1.165) is 33.9 Å². The molecule has 140 valence electrons. The van der Waals surface area contributed by atoms with E-state index in [-0.39, 0.29) is 5.91 Å². The number of amides is 1. The molecule has 1 N–H and O–H groups in total. The number of carbonyl (C=O) groups excluding carboxylic acids is 1. The zero-order valence-corrected chi connectivity index (χ0v) is 16.2. The Balaban J connectivity index is 1.76. The number of aryl methyl sites for hydroxylation is 3. The first kappa shape index (κ1) is 17.8. The minimum Gasteiger partial charge on any atom is -0.349 e. The van der Waals surface area contributed by atoms with Gasteiger partial charge in [0.2, 0.25) is 0 Å². The third-order valence-electron chi connectivity index (χ3n) is 4.74. The van der Waals surface area contributed by atoms with Gasteiger partial charge in [-0.25, -0.2) is 4.68 Å². The first-order chi connectivity index (χ1) is 13.5. The van der Waals surface area contributed by atoms with Crippen molar-refractivity contribution in [2.24, 2.45) is 7.05 Å². The molecule has 0 unspecified atom stereocenters. The van der Waals surface area contributed by atoms with E-state index in [1.54, 1.807) is 4.68 Å². The van der Waals surface area contributed by atoms with Crippen LogP contribution in [0.4, 0.5) is 5.69 Å². The van der Waals surface area contributed by atoms with Gasteiger partial charge in [-0.05, 0) is 56.3 Å². The summed E-state index contributed by atoms with van der Waals surface area (Å²) in [7, 11) is 1.96. The predicted octanol–water partition coefficient (Wildman–Crippen LogP) is 4.75. The third kappa shape index (κ3) is 3.47. The van der Waals surface area contributed by atoms with Gasteiger partial charge in [0.15, 0.2) is 0 Å². The van der Waals surface area contributed by atoms with E-state index in [1.165, 1.54) is 0 Å². The van der Waals surface area contributed by atoms with Crippen molar-refractivity contribution in [3.05, 3.63) is 89.7 Å². The van der Waals surface area contributed by atoms with E-state index in [2.05, 4.69) is 5.32 Å². The average molecular weight is 370 g/mol. The Kier molecular flexibility index (Phi) is 4.57. The van der Waals surface area contributed by atoms with Crippen LogP contribution in [-0.2, 0) is 7.05 Å². The predicted molar refractivity (Wildman–Crippen MR) is 112 cm³/mol. The van der Waals surface area contributed by atoms with Gasteiger partial charge in [-0.1, -0.05) is 35.4 Å². The smallest absolute Gasteiger partial charge is 0.274 e. The van der Waals surface area contributed by atoms with Gasteiger partial charge in [-0.15, -0.1) is 0 Å². The summed E-state index contributed by atoms with van der Waals surface area (Å²) in [5.41, 5.74) is 6.10. The largest absolute Gasteiger partial charge is 0.349 e. The summed E-state index contributed by atoms with van der Waals surface area (Å²) in [5.74, 6) is -0.197. The van der Waals surface area contributed by atoms with Gasteiger partial charge >= 0.3 is 0 Å². The van der Waals surface area contributed by atoms with E-state index in [1.807, 2.05) is 98.4 Å². The zero-order valence-electron chi connectivity index (χ0n) is 16.2.